The molecular weight excluding hydrogens is 326 g/mol. The van der Waals surface area contributed by atoms with Crippen molar-refractivity contribution in [3.05, 3.63) is 63.6 Å². The van der Waals surface area contributed by atoms with Gasteiger partial charge in [0.15, 0.2) is 5.75 Å². The van der Waals surface area contributed by atoms with E-state index in [1.807, 2.05) is 0 Å². The minimum Gasteiger partial charge on any atom is -0.357 e. The van der Waals surface area contributed by atoms with E-state index in [4.69, 9.17) is 28.0 Å². The second-order valence-corrected chi connectivity index (χ2v) is 4.93. The van der Waals surface area contributed by atoms with Crippen molar-refractivity contribution in [3.63, 3.8) is 0 Å². The first-order valence-electron chi connectivity index (χ1n) is 5.68. The summed E-state index contributed by atoms with van der Waals surface area (Å²) >= 11 is 11.6. The summed E-state index contributed by atoms with van der Waals surface area (Å²) in [5.41, 5.74) is -0.491. The summed E-state index contributed by atoms with van der Waals surface area (Å²) in [4.78, 5) is 5.02. The first-order valence-corrected chi connectivity index (χ1v) is 6.44. The fourth-order valence-corrected chi connectivity index (χ4v) is 2.03. The molecule has 0 aromatic heterocycles. The summed E-state index contributed by atoms with van der Waals surface area (Å²) in [7, 11) is 0. The fourth-order valence-electron chi connectivity index (χ4n) is 1.52. The molecule has 110 valence electrons. The van der Waals surface area contributed by atoms with Crippen LogP contribution in [0, 0.1) is 0 Å². The van der Waals surface area contributed by atoms with Gasteiger partial charge in [-0.3, -0.25) is 0 Å². The average Bonchev–Trinajstić information content (AvgIpc) is 2.37. The number of oxime groups is 1. The maximum absolute atomic E-state index is 12.5. The van der Waals surface area contributed by atoms with Gasteiger partial charge in [-0.25, -0.2) is 0 Å². The molecule has 0 aliphatic rings. The highest BCUT2D eigenvalue weighted by molar-refractivity contribution is 6.34. The molecular formula is C14H8Cl2F3NO. The van der Waals surface area contributed by atoms with Crippen LogP contribution in [0.25, 0.3) is 0 Å². The van der Waals surface area contributed by atoms with Crippen molar-refractivity contribution in [2.45, 2.75) is 6.18 Å². The van der Waals surface area contributed by atoms with Gasteiger partial charge < -0.3 is 4.84 Å². The summed E-state index contributed by atoms with van der Waals surface area (Å²) in [5, 5.41) is 4.34. The van der Waals surface area contributed by atoms with Crippen molar-refractivity contribution in [1.29, 1.82) is 0 Å². The van der Waals surface area contributed by atoms with Crippen LogP contribution in [0.3, 0.4) is 0 Å². The van der Waals surface area contributed by atoms with Crippen molar-refractivity contribution in [2.75, 3.05) is 0 Å². The van der Waals surface area contributed by atoms with Gasteiger partial charge in [0.05, 0.1) is 11.8 Å². The normalized spacial score (nSPS) is 11.9. The van der Waals surface area contributed by atoms with Gasteiger partial charge >= 0.3 is 6.18 Å². The third-order valence-corrected chi connectivity index (χ3v) is 2.85. The van der Waals surface area contributed by atoms with E-state index in [-0.39, 0.29) is 11.3 Å². The van der Waals surface area contributed by atoms with Crippen LogP contribution in [0.5, 0.6) is 5.75 Å². The van der Waals surface area contributed by atoms with E-state index in [1.165, 1.54) is 36.5 Å². The topological polar surface area (TPSA) is 21.6 Å². The van der Waals surface area contributed by atoms with Gasteiger partial charge in [0, 0.05) is 22.2 Å². The SMILES string of the molecule is FC(F)(F)c1cccc(/C=N/Oc2cc(Cl)cc(Cl)c2)c1. The standard InChI is InChI=1S/C14H8Cl2F3NO/c15-11-5-12(16)7-13(6-11)21-20-8-9-2-1-3-10(4-9)14(17,18)19/h1-8H/b20-8+. The molecule has 0 spiro atoms. The van der Waals surface area contributed by atoms with Crippen LogP contribution in [-0.2, 0) is 6.18 Å². The van der Waals surface area contributed by atoms with Gasteiger partial charge in [-0.05, 0) is 23.8 Å². The van der Waals surface area contributed by atoms with E-state index in [1.54, 1.807) is 0 Å². The van der Waals surface area contributed by atoms with Crippen molar-refractivity contribution in [3.8, 4) is 5.75 Å². The first kappa shape index (κ1) is 15.7. The lowest BCUT2D eigenvalue weighted by atomic mass is 10.1. The molecule has 0 saturated carbocycles. The van der Waals surface area contributed by atoms with E-state index in [2.05, 4.69) is 5.16 Å². The lowest BCUT2D eigenvalue weighted by Gasteiger charge is -2.06. The lowest BCUT2D eigenvalue weighted by molar-refractivity contribution is -0.137. The molecule has 0 saturated heterocycles. The number of rotatable bonds is 3. The zero-order chi connectivity index (χ0) is 15.5. The largest absolute Gasteiger partial charge is 0.416 e. The Hall–Kier alpha value is -1.72. The number of alkyl halides is 3. The predicted octanol–water partition coefficient (Wildman–Crippen LogP) is 5.43. The van der Waals surface area contributed by atoms with Crippen LogP contribution in [-0.4, -0.2) is 6.21 Å². The van der Waals surface area contributed by atoms with Crippen molar-refractivity contribution in [1.82, 2.24) is 0 Å². The van der Waals surface area contributed by atoms with Gasteiger partial charge in [0.2, 0.25) is 0 Å². The number of hydrogen-bond acceptors (Lipinski definition) is 2. The quantitative estimate of drug-likeness (QED) is 0.542. The van der Waals surface area contributed by atoms with Crippen molar-refractivity contribution in [2.24, 2.45) is 5.16 Å². The Morgan fingerprint density at radius 3 is 2.29 bits per heavy atom. The van der Waals surface area contributed by atoms with E-state index >= 15 is 0 Å². The second kappa shape index (κ2) is 6.37. The molecule has 2 nitrogen and oxygen atoms in total. The zero-order valence-corrected chi connectivity index (χ0v) is 11.9. The van der Waals surface area contributed by atoms with Crippen LogP contribution in [0.4, 0.5) is 13.2 Å². The van der Waals surface area contributed by atoms with Crippen LogP contribution in [0.2, 0.25) is 10.0 Å². The van der Waals surface area contributed by atoms with Crippen LogP contribution in [0.15, 0.2) is 47.6 Å². The molecule has 2 rings (SSSR count). The lowest BCUT2D eigenvalue weighted by Crippen LogP contribution is -2.05. The van der Waals surface area contributed by atoms with Gasteiger partial charge in [-0.1, -0.05) is 40.5 Å². The Kier molecular flexibility index (Phi) is 4.75. The number of benzene rings is 2. The molecule has 0 bridgehead atoms. The van der Waals surface area contributed by atoms with Crippen LogP contribution in [0.1, 0.15) is 11.1 Å². The van der Waals surface area contributed by atoms with Crippen LogP contribution >= 0.6 is 23.2 Å². The molecule has 0 aliphatic heterocycles. The summed E-state index contributed by atoms with van der Waals surface area (Å²) in [6.07, 6.45) is -3.23. The zero-order valence-electron chi connectivity index (χ0n) is 10.4. The maximum Gasteiger partial charge on any atom is 0.416 e. The van der Waals surface area contributed by atoms with Gasteiger partial charge in [0.25, 0.3) is 0 Å². The number of nitrogens with zero attached hydrogens (tertiary/aromatic N) is 1. The molecule has 0 radical (unpaired) electrons. The highest BCUT2D eigenvalue weighted by atomic mass is 35.5. The Bertz CT molecular complexity index is 651. The molecule has 21 heavy (non-hydrogen) atoms. The number of hydrogen-bond donors (Lipinski definition) is 0. The summed E-state index contributed by atoms with van der Waals surface area (Å²) < 4.78 is 37.6. The van der Waals surface area contributed by atoms with Gasteiger partial charge in [-0.15, -0.1) is 0 Å². The molecule has 2 aromatic rings. The smallest absolute Gasteiger partial charge is 0.357 e. The Morgan fingerprint density at radius 1 is 1.00 bits per heavy atom. The monoisotopic (exact) mass is 333 g/mol. The Labute approximate surface area is 128 Å². The second-order valence-electron chi connectivity index (χ2n) is 4.05. The van der Waals surface area contributed by atoms with Gasteiger partial charge in [0.1, 0.15) is 0 Å². The summed E-state index contributed by atoms with van der Waals surface area (Å²) in [5.74, 6) is 0.288. The van der Waals surface area contributed by atoms with Crippen molar-refractivity contribution >= 4 is 29.4 Å². The average molecular weight is 334 g/mol. The van der Waals surface area contributed by atoms with Crippen LogP contribution < -0.4 is 4.84 Å². The molecule has 0 N–H and O–H groups in total. The molecule has 0 fully saturated rings. The molecule has 0 heterocycles. The van der Waals surface area contributed by atoms with Crippen molar-refractivity contribution < 1.29 is 18.0 Å². The maximum atomic E-state index is 12.5. The minimum atomic E-state index is -4.40. The minimum absolute atomic E-state index is 0.262. The third-order valence-electron chi connectivity index (χ3n) is 2.41. The van der Waals surface area contributed by atoms with Gasteiger partial charge in [-0.2, -0.15) is 13.2 Å². The molecule has 0 aliphatic carbocycles. The molecule has 0 amide bonds. The molecule has 0 unspecified atom stereocenters. The van der Waals surface area contributed by atoms with E-state index in [9.17, 15) is 13.2 Å². The predicted molar refractivity (Wildman–Crippen MR) is 76.1 cm³/mol. The molecule has 7 heteroatoms. The Morgan fingerprint density at radius 2 is 1.67 bits per heavy atom. The third kappa shape index (κ3) is 4.65. The Balaban J connectivity index is 2.11. The first-order chi connectivity index (χ1) is 9.84. The molecule has 2 aromatic carbocycles. The highest BCUT2D eigenvalue weighted by Crippen LogP contribution is 2.29. The molecule has 0 atom stereocenters. The van der Waals surface area contributed by atoms with E-state index < -0.39 is 11.7 Å². The number of halogens is 5. The van der Waals surface area contributed by atoms with E-state index in [0.717, 1.165) is 12.1 Å². The van der Waals surface area contributed by atoms with E-state index in [0.29, 0.717) is 10.0 Å². The fraction of sp³-hybridized carbons (Fsp3) is 0.0714. The summed E-state index contributed by atoms with van der Waals surface area (Å²) in [6.45, 7) is 0. The summed E-state index contributed by atoms with van der Waals surface area (Å²) in [6, 6.07) is 9.21. The highest BCUT2D eigenvalue weighted by Gasteiger charge is 2.30.